The van der Waals surface area contributed by atoms with Crippen LogP contribution in [0.25, 0.3) is 5.69 Å². The summed E-state index contributed by atoms with van der Waals surface area (Å²) in [4.78, 5) is 16.8. The molecule has 32 heavy (non-hydrogen) atoms. The van der Waals surface area contributed by atoms with Crippen LogP contribution in [0.1, 0.15) is 21.6 Å². The van der Waals surface area contributed by atoms with Gasteiger partial charge >= 0.3 is 0 Å². The SMILES string of the molecule is Cc1ccnc(Nc2ccc(NCCNC(=O)c3cnn(-c4ccccc4)c3C)nn2)c1. The summed E-state index contributed by atoms with van der Waals surface area (Å²) in [5.41, 5.74) is 3.37. The zero-order valence-corrected chi connectivity index (χ0v) is 17.9. The highest BCUT2D eigenvalue weighted by atomic mass is 16.1. The number of nitrogens with zero attached hydrogens (tertiary/aromatic N) is 5. The van der Waals surface area contributed by atoms with Crippen LogP contribution < -0.4 is 16.0 Å². The maximum absolute atomic E-state index is 12.5. The maximum Gasteiger partial charge on any atom is 0.254 e. The Morgan fingerprint density at radius 1 is 0.938 bits per heavy atom. The van der Waals surface area contributed by atoms with Crippen LogP contribution in [0.4, 0.5) is 17.5 Å². The lowest BCUT2D eigenvalue weighted by molar-refractivity contribution is 0.0954. The Labute approximate surface area is 185 Å². The molecule has 0 aliphatic heterocycles. The molecule has 3 heterocycles. The van der Waals surface area contributed by atoms with E-state index in [4.69, 9.17) is 0 Å². The first kappa shape index (κ1) is 21.0. The van der Waals surface area contributed by atoms with Gasteiger partial charge in [0.1, 0.15) is 11.6 Å². The van der Waals surface area contributed by atoms with Crippen molar-refractivity contribution in [1.29, 1.82) is 0 Å². The number of anilines is 3. The first-order valence-corrected chi connectivity index (χ1v) is 10.3. The molecule has 9 nitrogen and oxygen atoms in total. The number of nitrogens with one attached hydrogen (secondary N) is 3. The minimum atomic E-state index is -0.164. The smallest absolute Gasteiger partial charge is 0.254 e. The van der Waals surface area contributed by atoms with Crippen molar-refractivity contribution in [3.05, 3.63) is 83.8 Å². The number of rotatable bonds is 8. The second-order valence-electron chi connectivity index (χ2n) is 7.22. The number of hydrogen-bond donors (Lipinski definition) is 3. The number of pyridine rings is 1. The summed E-state index contributed by atoms with van der Waals surface area (Å²) in [6, 6.07) is 17.2. The summed E-state index contributed by atoms with van der Waals surface area (Å²) >= 11 is 0. The van der Waals surface area contributed by atoms with E-state index < -0.39 is 0 Å². The van der Waals surface area contributed by atoms with E-state index in [0.29, 0.717) is 36.1 Å². The van der Waals surface area contributed by atoms with Crippen molar-refractivity contribution in [2.75, 3.05) is 23.7 Å². The van der Waals surface area contributed by atoms with E-state index in [9.17, 15) is 4.79 Å². The summed E-state index contributed by atoms with van der Waals surface area (Å²) in [5.74, 6) is 1.78. The Morgan fingerprint density at radius 3 is 2.47 bits per heavy atom. The highest BCUT2D eigenvalue weighted by Gasteiger charge is 2.14. The molecule has 0 saturated heterocycles. The van der Waals surface area contributed by atoms with Crippen LogP contribution in [0.15, 0.2) is 67.0 Å². The minimum Gasteiger partial charge on any atom is -0.367 e. The van der Waals surface area contributed by atoms with Crippen molar-refractivity contribution in [2.45, 2.75) is 13.8 Å². The third-order valence-electron chi connectivity index (χ3n) is 4.81. The predicted molar refractivity (Wildman–Crippen MR) is 123 cm³/mol. The molecule has 3 aromatic heterocycles. The molecule has 0 aliphatic carbocycles. The van der Waals surface area contributed by atoms with E-state index in [0.717, 1.165) is 16.9 Å². The molecule has 0 aliphatic rings. The molecule has 0 saturated carbocycles. The van der Waals surface area contributed by atoms with Gasteiger partial charge in [-0.2, -0.15) is 5.10 Å². The summed E-state index contributed by atoms with van der Waals surface area (Å²) in [6.45, 7) is 4.83. The summed E-state index contributed by atoms with van der Waals surface area (Å²) in [6.07, 6.45) is 3.33. The second-order valence-corrected chi connectivity index (χ2v) is 7.22. The molecule has 0 fully saturated rings. The molecule has 162 valence electrons. The molecule has 0 radical (unpaired) electrons. The van der Waals surface area contributed by atoms with Crippen LogP contribution in [-0.2, 0) is 0 Å². The van der Waals surface area contributed by atoms with Crippen LogP contribution in [0.3, 0.4) is 0 Å². The normalized spacial score (nSPS) is 10.6. The monoisotopic (exact) mass is 428 g/mol. The quantitative estimate of drug-likeness (QED) is 0.370. The summed E-state index contributed by atoms with van der Waals surface area (Å²) < 4.78 is 1.75. The fraction of sp³-hybridized carbons (Fsp3) is 0.174. The molecular formula is C23H24N8O. The van der Waals surface area contributed by atoms with Crippen LogP contribution in [0.2, 0.25) is 0 Å². The van der Waals surface area contributed by atoms with E-state index in [1.165, 1.54) is 0 Å². The van der Waals surface area contributed by atoms with E-state index in [-0.39, 0.29) is 5.91 Å². The molecule has 9 heteroatoms. The van der Waals surface area contributed by atoms with Crippen molar-refractivity contribution < 1.29 is 4.79 Å². The second kappa shape index (κ2) is 9.69. The molecule has 0 bridgehead atoms. The number of para-hydroxylation sites is 1. The molecule has 0 unspecified atom stereocenters. The van der Waals surface area contributed by atoms with Gasteiger partial charge in [-0.15, -0.1) is 10.2 Å². The van der Waals surface area contributed by atoms with Crippen molar-refractivity contribution in [3.8, 4) is 5.69 Å². The molecular weight excluding hydrogens is 404 g/mol. The van der Waals surface area contributed by atoms with Gasteiger partial charge in [-0.05, 0) is 55.8 Å². The summed E-state index contributed by atoms with van der Waals surface area (Å²) in [7, 11) is 0. The van der Waals surface area contributed by atoms with Gasteiger partial charge in [-0.3, -0.25) is 4.79 Å². The number of benzene rings is 1. The molecule has 3 N–H and O–H groups in total. The van der Waals surface area contributed by atoms with E-state index in [1.807, 2.05) is 68.4 Å². The topological polar surface area (TPSA) is 110 Å². The standard InChI is InChI=1S/C23H24N8O/c1-16-10-11-24-22(14-16)28-21-9-8-20(29-30-21)25-12-13-26-23(32)19-15-27-31(17(19)2)18-6-4-3-5-7-18/h3-11,14-15H,12-13H2,1-2H3,(H,25,29)(H,26,32)(H,24,28,30). The Balaban J connectivity index is 1.26. The number of amides is 1. The van der Waals surface area contributed by atoms with E-state index in [2.05, 4.69) is 36.2 Å². The Hall–Kier alpha value is -4.27. The largest absolute Gasteiger partial charge is 0.367 e. The lowest BCUT2D eigenvalue weighted by Crippen LogP contribution is -2.29. The van der Waals surface area contributed by atoms with Crippen LogP contribution in [0, 0.1) is 13.8 Å². The van der Waals surface area contributed by atoms with Crippen LogP contribution >= 0.6 is 0 Å². The molecule has 0 spiro atoms. The zero-order chi connectivity index (χ0) is 22.3. The Morgan fingerprint density at radius 2 is 1.72 bits per heavy atom. The van der Waals surface area contributed by atoms with Gasteiger partial charge in [0.25, 0.3) is 5.91 Å². The van der Waals surface area contributed by atoms with Gasteiger partial charge in [0, 0.05) is 19.3 Å². The van der Waals surface area contributed by atoms with Gasteiger partial charge in [-0.25, -0.2) is 9.67 Å². The molecule has 1 amide bonds. The first-order chi connectivity index (χ1) is 15.6. The van der Waals surface area contributed by atoms with Crippen LogP contribution in [0.5, 0.6) is 0 Å². The van der Waals surface area contributed by atoms with E-state index >= 15 is 0 Å². The van der Waals surface area contributed by atoms with Crippen molar-refractivity contribution in [1.82, 2.24) is 30.3 Å². The molecule has 4 aromatic rings. The average molecular weight is 429 g/mol. The van der Waals surface area contributed by atoms with Crippen molar-refractivity contribution in [3.63, 3.8) is 0 Å². The molecule has 4 rings (SSSR count). The van der Waals surface area contributed by atoms with Crippen molar-refractivity contribution >= 4 is 23.4 Å². The van der Waals surface area contributed by atoms with Gasteiger partial charge in [0.15, 0.2) is 5.82 Å². The molecule has 1 aromatic carbocycles. The lowest BCUT2D eigenvalue weighted by Gasteiger charge is -2.09. The summed E-state index contributed by atoms with van der Waals surface area (Å²) in [5, 5.41) is 21.8. The number of carbonyl (C=O) groups excluding carboxylic acids is 1. The maximum atomic E-state index is 12.5. The first-order valence-electron chi connectivity index (χ1n) is 10.3. The van der Waals surface area contributed by atoms with Gasteiger partial charge in [0.2, 0.25) is 0 Å². The van der Waals surface area contributed by atoms with Gasteiger partial charge in [-0.1, -0.05) is 18.2 Å². The lowest BCUT2D eigenvalue weighted by atomic mass is 10.2. The number of aromatic nitrogens is 5. The third-order valence-corrected chi connectivity index (χ3v) is 4.81. The fourth-order valence-electron chi connectivity index (χ4n) is 3.15. The number of aryl methyl sites for hydroxylation is 1. The fourth-order valence-corrected chi connectivity index (χ4v) is 3.15. The Bertz CT molecular complexity index is 1190. The highest BCUT2D eigenvalue weighted by molar-refractivity contribution is 5.95. The number of carbonyl (C=O) groups is 1. The average Bonchev–Trinajstić information content (AvgIpc) is 3.19. The third kappa shape index (κ3) is 5.07. The Kier molecular flexibility index (Phi) is 6.35. The predicted octanol–water partition coefficient (Wildman–Crippen LogP) is 3.26. The van der Waals surface area contributed by atoms with Gasteiger partial charge < -0.3 is 16.0 Å². The zero-order valence-electron chi connectivity index (χ0n) is 17.9. The van der Waals surface area contributed by atoms with E-state index in [1.54, 1.807) is 17.1 Å². The molecule has 0 atom stereocenters. The number of hydrogen-bond acceptors (Lipinski definition) is 7. The minimum absolute atomic E-state index is 0.164. The highest BCUT2D eigenvalue weighted by Crippen LogP contribution is 2.14. The van der Waals surface area contributed by atoms with Crippen molar-refractivity contribution in [2.24, 2.45) is 0 Å². The van der Waals surface area contributed by atoms with Gasteiger partial charge in [0.05, 0.1) is 23.1 Å². The van der Waals surface area contributed by atoms with Crippen LogP contribution in [-0.4, -0.2) is 44.0 Å².